The molecule has 196 valence electrons. The summed E-state index contributed by atoms with van der Waals surface area (Å²) in [5.74, 6) is 1.09. The van der Waals surface area contributed by atoms with Crippen LogP contribution in [-0.2, 0) is 4.79 Å². The van der Waals surface area contributed by atoms with Crippen LogP contribution in [0.4, 0.5) is 17.3 Å². The van der Waals surface area contributed by atoms with Crippen LogP contribution in [0, 0.1) is 0 Å². The summed E-state index contributed by atoms with van der Waals surface area (Å²) in [4.78, 5) is 23.4. The van der Waals surface area contributed by atoms with Gasteiger partial charge in [-0.05, 0) is 51.2 Å². The third kappa shape index (κ3) is 5.47. The van der Waals surface area contributed by atoms with Gasteiger partial charge in [0.25, 0.3) is 0 Å². The van der Waals surface area contributed by atoms with Crippen LogP contribution >= 0.6 is 0 Å². The number of benzene rings is 2. The number of rotatable bonds is 11. The number of carbonyl (C=O) groups excluding carboxylic acids is 1. The number of amides is 1. The maximum absolute atomic E-state index is 12.1. The predicted octanol–water partition coefficient (Wildman–Crippen LogP) is 5.25. The van der Waals surface area contributed by atoms with Gasteiger partial charge in [0, 0.05) is 47.5 Å². The number of ether oxygens (including phenoxy) is 2. The molecule has 2 heterocycles. The highest BCUT2D eigenvalue weighted by atomic mass is 16.5. The van der Waals surface area contributed by atoms with Gasteiger partial charge in [-0.15, -0.1) is 0 Å². The van der Waals surface area contributed by atoms with Crippen LogP contribution in [0.3, 0.4) is 0 Å². The smallest absolute Gasteiger partial charge is 0.247 e. The Labute approximate surface area is 222 Å². The van der Waals surface area contributed by atoms with Crippen LogP contribution < -0.4 is 20.1 Å². The summed E-state index contributed by atoms with van der Waals surface area (Å²) in [6.07, 6.45) is 7.55. The lowest BCUT2D eigenvalue weighted by Gasteiger charge is -2.18. The Morgan fingerprint density at radius 2 is 2.00 bits per heavy atom. The van der Waals surface area contributed by atoms with Gasteiger partial charge >= 0.3 is 0 Å². The van der Waals surface area contributed by atoms with E-state index in [-0.39, 0.29) is 5.91 Å². The molecule has 9 heteroatoms. The highest BCUT2D eigenvalue weighted by Crippen LogP contribution is 2.41. The van der Waals surface area contributed by atoms with Gasteiger partial charge in [0.05, 0.1) is 24.2 Å². The number of hydrogen-bond acceptors (Lipinski definition) is 7. The van der Waals surface area contributed by atoms with Crippen LogP contribution in [0.1, 0.15) is 18.9 Å². The lowest BCUT2D eigenvalue weighted by molar-refractivity contribution is -0.111. The highest BCUT2D eigenvalue weighted by molar-refractivity contribution is 6.00. The molecule has 4 aromatic rings. The van der Waals surface area contributed by atoms with E-state index >= 15 is 0 Å². The Bertz CT molecular complexity index is 1470. The largest absolute Gasteiger partial charge is 0.494 e. The van der Waals surface area contributed by atoms with Crippen molar-refractivity contribution >= 4 is 34.1 Å². The first-order valence-electron chi connectivity index (χ1n) is 12.6. The minimum Gasteiger partial charge on any atom is -0.494 e. The molecule has 0 radical (unpaired) electrons. The van der Waals surface area contributed by atoms with E-state index in [1.54, 1.807) is 25.4 Å². The van der Waals surface area contributed by atoms with E-state index in [1.165, 1.54) is 24.4 Å². The van der Waals surface area contributed by atoms with Gasteiger partial charge in [-0.3, -0.25) is 4.79 Å². The molecule has 1 amide bonds. The van der Waals surface area contributed by atoms with Crippen molar-refractivity contribution in [1.82, 2.24) is 19.4 Å². The Balaban J connectivity index is 1.47. The number of carbonyl (C=O) groups is 1. The number of hydrogen-bond donors (Lipinski definition) is 2. The average Bonchev–Trinajstić information content (AvgIpc) is 3.69. The summed E-state index contributed by atoms with van der Waals surface area (Å²) in [7, 11) is 5.51. The Hall–Kier alpha value is -4.37. The first-order valence-corrected chi connectivity index (χ1v) is 12.6. The van der Waals surface area contributed by atoms with Gasteiger partial charge < -0.3 is 29.6 Å². The molecule has 0 aliphatic heterocycles. The summed E-state index contributed by atoms with van der Waals surface area (Å²) < 4.78 is 13.9. The average molecular weight is 513 g/mol. The molecular formula is C29H32N6O3. The number of anilines is 3. The number of nitrogens with one attached hydrogen (secondary N) is 2. The Morgan fingerprint density at radius 3 is 2.74 bits per heavy atom. The normalized spacial score (nSPS) is 12.9. The zero-order valence-electron chi connectivity index (χ0n) is 21.9. The molecule has 0 saturated heterocycles. The van der Waals surface area contributed by atoms with Crippen LogP contribution in [0.5, 0.6) is 11.5 Å². The van der Waals surface area contributed by atoms with Gasteiger partial charge in [0.15, 0.2) is 0 Å². The van der Waals surface area contributed by atoms with Gasteiger partial charge in [-0.25, -0.2) is 9.97 Å². The maximum atomic E-state index is 12.1. The van der Waals surface area contributed by atoms with E-state index in [4.69, 9.17) is 14.5 Å². The Morgan fingerprint density at radius 1 is 1.18 bits per heavy atom. The van der Waals surface area contributed by atoms with Crippen molar-refractivity contribution in [3.8, 4) is 22.8 Å². The van der Waals surface area contributed by atoms with Crippen molar-refractivity contribution < 1.29 is 14.3 Å². The molecule has 0 spiro atoms. The number of nitrogens with zero attached hydrogens (tertiary/aromatic N) is 4. The van der Waals surface area contributed by atoms with E-state index in [2.05, 4.69) is 57.2 Å². The zero-order valence-corrected chi connectivity index (χ0v) is 21.9. The quantitative estimate of drug-likeness (QED) is 0.265. The number of methoxy groups -OCH3 is 1. The fraction of sp³-hybridized carbons (Fsp3) is 0.276. The topological polar surface area (TPSA) is 93.5 Å². The summed E-state index contributed by atoms with van der Waals surface area (Å²) >= 11 is 0. The number of fused-ring (bicyclic) bond motifs is 1. The fourth-order valence-corrected chi connectivity index (χ4v) is 4.32. The van der Waals surface area contributed by atoms with E-state index in [0.29, 0.717) is 41.5 Å². The maximum Gasteiger partial charge on any atom is 0.247 e. The third-order valence-electron chi connectivity index (χ3n) is 6.40. The molecule has 0 unspecified atom stereocenters. The van der Waals surface area contributed by atoms with Crippen LogP contribution in [0.2, 0.25) is 0 Å². The molecule has 38 heavy (non-hydrogen) atoms. The van der Waals surface area contributed by atoms with Gasteiger partial charge in [-0.2, -0.15) is 0 Å². The molecular weight excluding hydrogens is 480 g/mol. The zero-order chi connectivity index (χ0) is 26.6. The summed E-state index contributed by atoms with van der Waals surface area (Å²) in [6.45, 7) is 4.71. The van der Waals surface area contributed by atoms with Crippen molar-refractivity contribution in [1.29, 1.82) is 0 Å². The predicted molar refractivity (Wildman–Crippen MR) is 150 cm³/mol. The molecule has 5 rings (SSSR count). The van der Waals surface area contributed by atoms with E-state index in [1.807, 2.05) is 25.1 Å². The number of likely N-dealkylation sites (N-methyl/N-ethyl adjacent to an activating group) is 1. The van der Waals surface area contributed by atoms with E-state index < -0.39 is 0 Å². The fourth-order valence-electron chi connectivity index (χ4n) is 4.32. The lowest BCUT2D eigenvalue weighted by Crippen LogP contribution is -2.20. The number of aromatic nitrogens is 3. The van der Waals surface area contributed by atoms with Gasteiger partial charge in [0.2, 0.25) is 11.9 Å². The second-order valence-corrected chi connectivity index (χ2v) is 9.48. The molecule has 0 atom stereocenters. The van der Waals surface area contributed by atoms with Crippen molar-refractivity contribution in [3.63, 3.8) is 0 Å². The summed E-state index contributed by atoms with van der Waals surface area (Å²) in [5.41, 5.74) is 4.17. The van der Waals surface area contributed by atoms with Crippen molar-refractivity contribution in [2.24, 2.45) is 0 Å². The van der Waals surface area contributed by atoms with Gasteiger partial charge in [0.1, 0.15) is 18.1 Å². The van der Waals surface area contributed by atoms with Crippen LogP contribution in [0.25, 0.3) is 22.2 Å². The second kappa shape index (κ2) is 10.9. The summed E-state index contributed by atoms with van der Waals surface area (Å²) in [6, 6.07) is 14.4. The lowest BCUT2D eigenvalue weighted by atomic mass is 10.1. The molecule has 2 aromatic carbocycles. The van der Waals surface area contributed by atoms with Crippen LogP contribution in [-0.4, -0.2) is 59.7 Å². The SMILES string of the molecule is C=CC(=O)Nc1cc(Nc2nccc(-c3cn(C4CC4)c4ccccc34)n2)c(OC)cc1OCCN(C)C. The molecule has 1 aliphatic carbocycles. The molecule has 1 saturated carbocycles. The minimum atomic E-state index is -0.344. The number of para-hydroxylation sites is 1. The molecule has 0 bridgehead atoms. The van der Waals surface area contributed by atoms with E-state index in [0.717, 1.165) is 23.2 Å². The molecule has 9 nitrogen and oxygen atoms in total. The summed E-state index contributed by atoms with van der Waals surface area (Å²) in [5, 5.41) is 7.24. The second-order valence-electron chi connectivity index (χ2n) is 9.48. The third-order valence-corrected chi connectivity index (χ3v) is 6.40. The van der Waals surface area contributed by atoms with Crippen molar-refractivity contribution in [3.05, 3.63) is 67.5 Å². The molecule has 2 aromatic heterocycles. The van der Waals surface area contributed by atoms with Crippen molar-refractivity contribution in [2.75, 3.05) is 45.0 Å². The minimum absolute atomic E-state index is 0.344. The highest BCUT2D eigenvalue weighted by Gasteiger charge is 2.26. The molecule has 1 aliphatic rings. The monoisotopic (exact) mass is 512 g/mol. The van der Waals surface area contributed by atoms with Crippen LogP contribution in [0.15, 0.2) is 67.5 Å². The Kier molecular flexibility index (Phi) is 7.28. The molecule has 1 fully saturated rings. The first kappa shape index (κ1) is 25.3. The van der Waals surface area contributed by atoms with Crippen molar-refractivity contribution in [2.45, 2.75) is 18.9 Å². The standard InChI is InChI=1S/C29H32N6O3/c1-5-28(36)31-24-16-23(26(37-4)17-27(24)38-15-14-34(2)3)33-29-30-13-12-22(32-29)21-18-35(19-10-11-19)25-9-7-6-8-20(21)25/h5-9,12-13,16-19H,1,10-11,14-15H2,2-4H3,(H,31,36)(H,30,32,33). The molecule has 2 N–H and O–H groups in total. The van der Waals surface area contributed by atoms with Gasteiger partial charge in [-0.1, -0.05) is 24.8 Å². The first-order chi connectivity index (χ1) is 18.5. The van der Waals surface area contributed by atoms with E-state index in [9.17, 15) is 4.79 Å².